The lowest BCUT2D eigenvalue weighted by molar-refractivity contribution is 0.237. The van der Waals surface area contributed by atoms with Crippen molar-refractivity contribution < 1.29 is 0 Å². The van der Waals surface area contributed by atoms with E-state index in [0.29, 0.717) is 6.04 Å². The zero-order chi connectivity index (χ0) is 10.4. The van der Waals surface area contributed by atoms with Crippen LogP contribution >= 0.6 is 12.4 Å². The molecule has 0 N–H and O–H groups in total. The smallest absolute Gasteiger partial charge is 0.0239 e. The molecule has 1 aromatic carbocycles. The van der Waals surface area contributed by atoms with Crippen molar-refractivity contribution in [1.29, 1.82) is 0 Å². The number of benzene rings is 1. The van der Waals surface area contributed by atoms with E-state index in [0.717, 1.165) is 13.1 Å². The fraction of sp³-hybridized carbons (Fsp3) is 0.385. The van der Waals surface area contributed by atoms with Crippen LogP contribution in [0.2, 0.25) is 0 Å². The molecule has 1 nitrogen and oxygen atoms in total. The molecule has 1 aromatic rings. The van der Waals surface area contributed by atoms with Crippen molar-refractivity contribution in [1.82, 2.24) is 4.90 Å². The van der Waals surface area contributed by atoms with E-state index < -0.39 is 0 Å². The molecule has 2 heteroatoms. The molecule has 0 aromatic heterocycles. The Kier molecular flexibility index (Phi) is 7.10. The maximum absolute atomic E-state index is 3.78. The first kappa shape index (κ1) is 14.2. The fourth-order valence-corrected chi connectivity index (χ4v) is 1.44. The molecule has 0 heterocycles. The van der Waals surface area contributed by atoms with Crippen LogP contribution in [0, 0.1) is 0 Å². The van der Waals surface area contributed by atoms with Crippen molar-refractivity contribution in [2.75, 3.05) is 6.54 Å². The van der Waals surface area contributed by atoms with Crippen LogP contribution in [0.1, 0.15) is 19.4 Å². The molecule has 0 aliphatic carbocycles. The van der Waals surface area contributed by atoms with Crippen LogP contribution in [-0.2, 0) is 6.54 Å². The van der Waals surface area contributed by atoms with Gasteiger partial charge in [0.05, 0.1) is 0 Å². The second-order valence-electron chi connectivity index (χ2n) is 3.80. The van der Waals surface area contributed by atoms with E-state index in [1.165, 1.54) is 5.56 Å². The lowest BCUT2D eigenvalue weighted by Crippen LogP contribution is -2.30. The maximum atomic E-state index is 3.78. The molecule has 84 valence electrons. The normalized spacial score (nSPS) is 10.1. The van der Waals surface area contributed by atoms with Crippen LogP contribution < -0.4 is 0 Å². The van der Waals surface area contributed by atoms with Gasteiger partial charge in [0.1, 0.15) is 0 Å². The summed E-state index contributed by atoms with van der Waals surface area (Å²) < 4.78 is 0. The van der Waals surface area contributed by atoms with Gasteiger partial charge in [-0.25, -0.2) is 0 Å². The van der Waals surface area contributed by atoms with E-state index in [2.05, 4.69) is 55.7 Å². The van der Waals surface area contributed by atoms with Gasteiger partial charge in [-0.2, -0.15) is 0 Å². The topological polar surface area (TPSA) is 3.24 Å². The summed E-state index contributed by atoms with van der Waals surface area (Å²) in [5.41, 5.74) is 1.36. The summed E-state index contributed by atoms with van der Waals surface area (Å²) in [5, 5.41) is 0. The van der Waals surface area contributed by atoms with Crippen LogP contribution in [0.5, 0.6) is 0 Å². The number of halogens is 1. The molecular weight excluding hydrogens is 206 g/mol. The summed E-state index contributed by atoms with van der Waals surface area (Å²) in [6.07, 6.45) is 1.96. The molecule has 0 radical (unpaired) electrons. The van der Waals surface area contributed by atoms with Crippen molar-refractivity contribution in [2.45, 2.75) is 26.4 Å². The summed E-state index contributed by atoms with van der Waals surface area (Å²) in [6, 6.07) is 11.1. The Morgan fingerprint density at radius 3 is 2.33 bits per heavy atom. The number of rotatable bonds is 5. The third kappa shape index (κ3) is 5.01. The van der Waals surface area contributed by atoms with Crippen molar-refractivity contribution >= 4 is 12.4 Å². The molecule has 0 aliphatic rings. The maximum Gasteiger partial charge on any atom is 0.0239 e. The summed E-state index contributed by atoms with van der Waals surface area (Å²) in [6.45, 7) is 10.2. The monoisotopic (exact) mass is 225 g/mol. The molecule has 0 atom stereocenters. The van der Waals surface area contributed by atoms with Gasteiger partial charge in [-0.15, -0.1) is 19.0 Å². The number of hydrogen-bond acceptors (Lipinski definition) is 1. The largest absolute Gasteiger partial charge is 0.293 e. The lowest BCUT2D eigenvalue weighted by Gasteiger charge is -2.24. The van der Waals surface area contributed by atoms with Crippen LogP contribution in [-0.4, -0.2) is 17.5 Å². The van der Waals surface area contributed by atoms with Crippen molar-refractivity contribution in [3.63, 3.8) is 0 Å². The van der Waals surface area contributed by atoms with E-state index >= 15 is 0 Å². The van der Waals surface area contributed by atoms with Gasteiger partial charge in [0, 0.05) is 19.1 Å². The molecule has 0 spiro atoms. The second kappa shape index (κ2) is 7.49. The minimum Gasteiger partial charge on any atom is -0.293 e. The van der Waals surface area contributed by atoms with Gasteiger partial charge >= 0.3 is 0 Å². The summed E-state index contributed by atoms with van der Waals surface area (Å²) in [5.74, 6) is 0. The Morgan fingerprint density at radius 1 is 1.27 bits per heavy atom. The van der Waals surface area contributed by atoms with Crippen molar-refractivity contribution in [3.05, 3.63) is 48.6 Å². The molecular formula is C13H20ClN. The Labute approximate surface area is 99.2 Å². The highest BCUT2D eigenvalue weighted by Gasteiger charge is 2.07. The zero-order valence-corrected chi connectivity index (χ0v) is 10.3. The average Bonchev–Trinajstić information content (AvgIpc) is 2.18. The molecule has 0 bridgehead atoms. The third-order valence-corrected chi connectivity index (χ3v) is 2.32. The zero-order valence-electron chi connectivity index (χ0n) is 9.52. The Balaban J connectivity index is 0.00000196. The molecule has 0 amide bonds. The van der Waals surface area contributed by atoms with Gasteiger partial charge < -0.3 is 0 Å². The summed E-state index contributed by atoms with van der Waals surface area (Å²) in [7, 11) is 0. The second-order valence-corrected chi connectivity index (χ2v) is 3.80. The number of hydrogen-bond donors (Lipinski definition) is 0. The van der Waals surface area contributed by atoms with Gasteiger partial charge in [-0.05, 0) is 19.4 Å². The predicted molar refractivity (Wildman–Crippen MR) is 69.4 cm³/mol. The molecule has 1 rings (SSSR count). The minimum absolute atomic E-state index is 0. The third-order valence-electron chi connectivity index (χ3n) is 2.32. The lowest BCUT2D eigenvalue weighted by atomic mass is 10.2. The minimum atomic E-state index is 0. The average molecular weight is 226 g/mol. The van der Waals surface area contributed by atoms with E-state index in [9.17, 15) is 0 Å². The summed E-state index contributed by atoms with van der Waals surface area (Å²) >= 11 is 0. The number of nitrogens with zero attached hydrogens (tertiary/aromatic N) is 1. The molecule has 0 saturated heterocycles. The van der Waals surface area contributed by atoms with Crippen molar-refractivity contribution in [2.24, 2.45) is 0 Å². The highest BCUT2D eigenvalue weighted by atomic mass is 35.5. The van der Waals surface area contributed by atoms with Gasteiger partial charge in [0.2, 0.25) is 0 Å². The first-order valence-electron chi connectivity index (χ1n) is 5.13. The van der Waals surface area contributed by atoms with Crippen LogP contribution in [0.4, 0.5) is 0 Å². The fourth-order valence-electron chi connectivity index (χ4n) is 1.44. The highest BCUT2D eigenvalue weighted by Crippen LogP contribution is 2.07. The predicted octanol–water partition coefficient (Wildman–Crippen LogP) is 3.50. The van der Waals surface area contributed by atoms with Crippen LogP contribution in [0.15, 0.2) is 43.0 Å². The van der Waals surface area contributed by atoms with Gasteiger partial charge in [-0.3, -0.25) is 4.90 Å². The van der Waals surface area contributed by atoms with Gasteiger partial charge in [-0.1, -0.05) is 36.4 Å². The van der Waals surface area contributed by atoms with E-state index in [1.807, 2.05) is 6.08 Å². The molecule has 0 unspecified atom stereocenters. The Bertz CT molecular complexity index is 269. The van der Waals surface area contributed by atoms with E-state index in [4.69, 9.17) is 0 Å². The standard InChI is InChI=1S/C13H19N.ClH/c1-4-10-14(12(2)3)11-13-8-6-5-7-9-13;/h4-9,12H,1,10-11H2,2-3H3;1H. The first-order valence-corrected chi connectivity index (χ1v) is 5.13. The SMILES string of the molecule is C=CCN(Cc1ccccc1)C(C)C.Cl. The molecule has 0 saturated carbocycles. The highest BCUT2D eigenvalue weighted by molar-refractivity contribution is 5.85. The summed E-state index contributed by atoms with van der Waals surface area (Å²) in [4.78, 5) is 2.39. The van der Waals surface area contributed by atoms with Crippen molar-refractivity contribution in [3.8, 4) is 0 Å². The van der Waals surface area contributed by atoms with Crippen LogP contribution in [0.25, 0.3) is 0 Å². The van der Waals surface area contributed by atoms with E-state index in [1.54, 1.807) is 0 Å². The quantitative estimate of drug-likeness (QED) is 0.694. The van der Waals surface area contributed by atoms with Gasteiger partial charge in [0.25, 0.3) is 0 Å². The Hall–Kier alpha value is -0.790. The Morgan fingerprint density at radius 2 is 1.87 bits per heavy atom. The first-order chi connectivity index (χ1) is 6.74. The van der Waals surface area contributed by atoms with E-state index in [-0.39, 0.29) is 12.4 Å². The van der Waals surface area contributed by atoms with Gasteiger partial charge in [0.15, 0.2) is 0 Å². The molecule has 0 aliphatic heterocycles. The van der Waals surface area contributed by atoms with Crippen LogP contribution in [0.3, 0.4) is 0 Å². The molecule has 0 fully saturated rings. The molecule has 15 heavy (non-hydrogen) atoms.